The molecule has 7 heteroatoms. The predicted octanol–water partition coefficient (Wildman–Crippen LogP) is 2.11. The first-order chi connectivity index (χ1) is 9.56. The lowest BCUT2D eigenvalue weighted by Crippen LogP contribution is -2.09. The van der Waals surface area contributed by atoms with Gasteiger partial charge in [-0.1, -0.05) is 30.0 Å². The van der Waals surface area contributed by atoms with Gasteiger partial charge in [0.05, 0.1) is 0 Å². The number of aliphatic hydroxyl groups excluding tert-OH is 1. The van der Waals surface area contributed by atoms with Gasteiger partial charge in [0, 0.05) is 17.0 Å². The molecule has 0 aliphatic rings. The van der Waals surface area contributed by atoms with Crippen molar-refractivity contribution in [3.63, 3.8) is 0 Å². The quantitative estimate of drug-likeness (QED) is 0.442. The number of hydrogen-bond acceptors (Lipinski definition) is 5. The first-order valence-corrected chi connectivity index (χ1v) is 6.34. The zero-order valence-electron chi connectivity index (χ0n) is 10.1. The van der Waals surface area contributed by atoms with Crippen LogP contribution in [0.3, 0.4) is 0 Å². The van der Waals surface area contributed by atoms with E-state index in [1.54, 1.807) is 0 Å². The highest BCUT2D eigenvalue weighted by Gasteiger charge is 2.12. The van der Waals surface area contributed by atoms with E-state index in [0.717, 1.165) is 4.90 Å². The number of nitrogens with zero attached hydrogens (tertiary/aromatic N) is 1. The minimum atomic E-state index is -1.63. The van der Waals surface area contributed by atoms with E-state index in [9.17, 15) is 14.7 Å². The summed E-state index contributed by atoms with van der Waals surface area (Å²) in [7, 11) is 0. The van der Waals surface area contributed by atoms with Crippen molar-refractivity contribution in [2.45, 2.75) is 9.92 Å². The Bertz CT molecular complexity index is 664. The van der Waals surface area contributed by atoms with Gasteiger partial charge in [0.25, 0.3) is 5.78 Å². The van der Waals surface area contributed by atoms with Crippen molar-refractivity contribution >= 4 is 29.3 Å². The first kappa shape index (κ1) is 13.9. The Hall–Kier alpha value is -2.54. The van der Waals surface area contributed by atoms with Crippen molar-refractivity contribution < 1.29 is 19.8 Å². The smallest absolute Gasteiger partial charge is 0.376 e. The Kier molecular flexibility index (Phi) is 4.21. The van der Waals surface area contributed by atoms with E-state index >= 15 is 0 Å². The number of carboxylic acids is 1. The molecule has 0 amide bonds. The molecule has 0 fully saturated rings. The first-order valence-electron chi connectivity index (χ1n) is 5.53. The molecule has 0 aliphatic carbocycles. The fraction of sp³-hybridized carbons (Fsp3) is 0. The molecule has 0 radical (unpaired) electrons. The standard InChI is InChI=1S/C13H10N2O4S/c16-10(7-11(17)13(18)19)9-6-12(15-14-9)20-8-4-2-1-3-5-8/h1-7,16H,(H,14,15)(H,18,19). The Morgan fingerprint density at radius 1 is 1.20 bits per heavy atom. The number of H-pyrrole nitrogens is 1. The fourth-order valence-electron chi connectivity index (χ4n) is 1.36. The van der Waals surface area contributed by atoms with Crippen LogP contribution in [0.5, 0.6) is 0 Å². The summed E-state index contributed by atoms with van der Waals surface area (Å²) in [5.41, 5.74) is 0.179. The van der Waals surface area contributed by atoms with Gasteiger partial charge in [-0.3, -0.25) is 9.89 Å². The number of nitrogens with one attached hydrogen (secondary N) is 1. The average Bonchev–Trinajstić information content (AvgIpc) is 2.88. The predicted molar refractivity (Wildman–Crippen MR) is 72.4 cm³/mol. The molecule has 20 heavy (non-hydrogen) atoms. The van der Waals surface area contributed by atoms with Crippen LogP contribution in [-0.2, 0) is 9.59 Å². The highest BCUT2D eigenvalue weighted by molar-refractivity contribution is 7.99. The van der Waals surface area contributed by atoms with Crippen molar-refractivity contribution in [3.8, 4) is 0 Å². The van der Waals surface area contributed by atoms with Gasteiger partial charge in [-0.05, 0) is 12.1 Å². The number of benzene rings is 1. The monoisotopic (exact) mass is 290 g/mol. The molecule has 2 rings (SSSR count). The van der Waals surface area contributed by atoms with Crippen LogP contribution in [0.15, 0.2) is 52.4 Å². The number of ketones is 1. The maximum Gasteiger partial charge on any atom is 0.376 e. The van der Waals surface area contributed by atoms with Crippen molar-refractivity contribution in [1.29, 1.82) is 0 Å². The van der Waals surface area contributed by atoms with Crippen LogP contribution in [0.2, 0.25) is 0 Å². The number of aromatic amines is 1. The molecular weight excluding hydrogens is 280 g/mol. The molecule has 3 N–H and O–H groups in total. The van der Waals surface area contributed by atoms with Gasteiger partial charge in [0.2, 0.25) is 0 Å². The zero-order chi connectivity index (χ0) is 14.5. The van der Waals surface area contributed by atoms with Gasteiger partial charge >= 0.3 is 5.97 Å². The third-order valence-electron chi connectivity index (χ3n) is 2.27. The van der Waals surface area contributed by atoms with Crippen LogP contribution in [0, 0.1) is 0 Å². The summed E-state index contributed by atoms with van der Waals surface area (Å²) in [5.74, 6) is -3.30. The lowest BCUT2D eigenvalue weighted by molar-refractivity contribution is -0.146. The fourth-order valence-corrected chi connectivity index (χ4v) is 2.16. The summed E-state index contributed by atoms with van der Waals surface area (Å²) in [6, 6.07) is 11.0. The van der Waals surface area contributed by atoms with E-state index in [0.29, 0.717) is 11.1 Å². The normalized spacial score (nSPS) is 11.3. The third-order valence-corrected chi connectivity index (χ3v) is 3.20. The maximum atomic E-state index is 10.9. The van der Waals surface area contributed by atoms with Crippen LogP contribution in [-0.4, -0.2) is 32.2 Å². The second-order valence-corrected chi connectivity index (χ2v) is 4.83. The molecule has 0 aliphatic heterocycles. The van der Waals surface area contributed by atoms with Crippen molar-refractivity contribution in [1.82, 2.24) is 10.2 Å². The van der Waals surface area contributed by atoms with Gasteiger partial charge in [0.1, 0.15) is 16.5 Å². The molecule has 0 unspecified atom stereocenters. The summed E-state index contributed by atoms with van der Waals surface area (Å²) in [6.07, 6.45) is 0.632. The van der Waals surface area contributed by atoms with E-state index in [4.69, 9.17) is 5.11 Å². The van der Waals surface area contributed by atoms with Crippen LogP contribution >= 0.6 is 11.8 Å². The molecule has 0 atom stereocenters. The summed E-state index contributed by atoms with van der Waals surface area (Å²) in [6.45, 7) is 0. The summed E-state index contributed by atoms with van der Waals surface area (Å²) in [5, 5.41) is 25.1. The molecule has 0 saturated heterocycles. The van der Waals surface area contributed by atoms with Crippen LogP contribution < -0.4 is 0 Å². The molecule has 6 nitrogen and oxygen atoms in total. The Balaban J connectivity index is 2.13. The number of aliphatic carboxylic acids is 1. The van der Waals surface area contributed by atoms with Gasteiger partial charge in [-0.25, -0.2) is 4.79 Å². The van der Waals surface area contributed by atoms with Crippen molar-refractivity contribution in [2.75, 3.05) is 0 Å². The molecule has 0 spiro atoms. The lowest BCUT2D eigenvalue weighted by Gasteiger charge is -1.95. The molecule has 2 aromatic rings. The highest BCUT2D eigenvalue weighted by atomic mass is 32.2. The second kappa shape index (κ2) is 6.07. The van der Waals surface area contributed by atoms with Crippen LogP contribution in [0.1, 0.15) is 5.69 Å². The largest absolute Gasteiger partial charge is 0.506 e. The molecule has 1 aromatic carbocycles. The number of aromatic nitrogens is 2. The van der Waals surface area contributed by atoms with Gasteiger partial charge in [0.15, 0.2) is 0 Å². The second-order valence-electron chi connectivity index (χ2n) is 3.73. The van der Waals surface area contributed by atoms with Crippen molar-refractivity contribution in [2.24, 2.45) is 0 Å². The number of hydrogen-bond donors (Lipinski definition) is 3. The summed E-state index contributed by atoms with van der Waals surface area (Å²) < 4.78 is 0. The van der Waals surface area contributed by atoms with Crippen LogP contribution in [0.25, 0.3) is 5.76 Å². The number of carbonyl (C=O) groups is 2. The van der Waals surface area contributed by atoms with E-state index in [1.807, 2.05) is 30.3 Å². The van der Waals surface area contributed by atoms with Crippen molar-refractivity contribution in [3.05, 3.63) is 48.2 Å². The Morgan fingerprint density at radius 2 is 1.90 bits per heavy atom. The number of rotatable bonds is 5. The van der Waals surface area contributed by atoms with E-state index < -0.39 is 17.5 Å². The molecular formula is C13H10N2O4S. The molecule has 1 aromatic heterocycles. The third kappa shape index (κ3) is 3.48. The lowest BCUT2D eigenvalue weighted by atomic mass is 10.3. The van der Waals surface area contributed by atoms with Gasteiger partial charge in [-0.15, -0.1) is 0 Å². The number of carbonyl (C=O) groups excluding carboxylic acids is 1. The minimum Gasteiger partial charge on any atom is -0.506 e. The highest BCUT2D eigenvalue weighted by Crippen LogP contribution is 2.26. The van der Waals surface area contributed by atoms with E-state index in [-0.39, 0.29) is 5.69 Å². The van der Waals surface area contributed by atoms with Gasteiger partial charge in [-0.2, -0.15) is 5.10 Å². The average molecular weight is 290 g/mol. The SMILES string of the molecule is O=C(O)C(=O)C=C(O)c1cc(Sc2ccccc2)n[nH]1. The minimum absolute atomic E-state index is 0.179. The summed E-state index contributed by atoms with van der Waals surface area (Å²) >= 11 is 1.37. The van der Waals surface area contributed by atoms with Gasteiger partial charge < -0.3 is 10.2 Å². The summed E-state index contributed by atoms with van der Waals surface area (Å²) in [4.78, 5) is 22.3. The van der Waals surface area contributed by atoms with Crippen LogP contribution in [0.4, 0.5) is 0 Å². The van der Waals surface area contributed by atoms with E-state index in [1.165, 1.54) is 17.8 Å². The maximum absolute atomic E-state index is 10.9. The topological polar surface area (TPSA) is 103 Å². The Labute approximate surface area is 118 Å². The molecule has 0 saturated carbocycles. The zero-order valence-corrected chi connectivity index (χ0v) is 10.9. The molecule has 0 bridgehead atoms. The molecule has 102 valence electrons. The Morgan fingerprint density at radius 3 is 2.55 bits per heavy atom. The van der Waals surface area contributed by atoms with E-state index in [2.05, 4.69) is 10.2 Å². The molecule has 1 heterocycles. The number of carboxylic acid groups (broad SMARTS) is 1. The number of aliphatic hydroxyl groups is 1.